The first-order valence-corrected chi connectivity index (χ1v) is 11.8. The number of hydrogen-bond donors (Lipinski definition) is 1. The first-order valence-electron chi connectivity index (χ1n) is 11.8. The van der Waals surface area contributed by atoms with Crippen LogP contribution in [-0.4, -0.2) is 79.6 Å². The summed E-state index contributed by atoms with van der Waals surface area (Å²) in [6.07, 6.45) is 1.00. The molecule has 3 aliphatic heterocycles. The van der Waals surface area contributed by atoms with Crippen LogP contribution in [0.1, 0.15) is 43.1 Å². The van der Waals surface area contributed by atoms with Crippen molar-refractivity contribution in [3.05, 3.63) is 70.8 Å². The number of fused-ring (bicyclic) bond motifs is 1. The number of morpholine rings is 1. The average Bonchev–Trinajstić information content (AvgIpc) is 3.49. The molecule has 2 fully saturated rings. The van der Waals surface area contributed by atoms with Gasteiger partial charge in [-0.05, 0) is 36.2 Å². The van der Waals surface area contributed by atoms with Crippen molar-refractivity contribution in [1.82, 2.24) is 15.1 Å². The Labute approximate surface area is 198 Å². The Balaban J connectivity index is 1.20. The van der Waals surface area contributed by atoms with E-state index in [1.807, 2.05) is 0 Å². The third-order valence-electron chi connectivity index (χ3n) is 6.93. The van der Waals surface area contributed by atoms with Crippen LogP contribution < -0.4 is 5.32 Å². The zero-order valence-corrected chi connectivity index (χ0v) is 19.1. The Kier molecular flexibility index (Phi) is 6.71. The molecule has 5 rings (SSSR count). The molecule has 3 aliphatic rings. The van der Waals surface area contributed by atoms with Gasteiger partial charge in [0.15, 0.2) is 0 Å². The molecule has 2 aromatic rings. The summed E-state index contributed by atoms with van der Waals surface area (Å²) in [6.45, 7) is 5.39. The Morgan fingerprint density at radius 1 is 0.941 bits per heavy atom. The third-order valence-corrected chi connectivity index (χ3v) is 6.93. The van der Waals surface area contributed by atoms with Crippen LogP contribution in [0.4, 0.5) is 0 Å². The number of ether oxygens (including phenoxy) is 2. The van der Waals surface area contributed by atoms with E-state index in [1.54, 1.807) is 48.5 Å². The lowest BCUT2D eigenvalue weighted by Gasteiger charge is -2.37. The monoisotopic (exact) mass is 463 g/mol. The standard InChI is InChI=1S/C26H29N3O5/c30-24(27-15-23(20-9-12-34-17-20)28-10-13-33-14-11-28)19-7-5-18(6-8-19)16-29-25(31)21-3-1-2-4-22(21)26(29)32/h1-8,20,23H,9-17H2,(H,27,30). The molecule has 2 aromatic carbocycles. The predicted molar refractivity (Wildman–Crippen MR) is 125 cm³/mol. The topological polar surface area (TPSA) is 88.2 Å². The normalized spacial score (nSPS) is 21.5. The van der Waals surface area contributed by atoms with Crippen molar-refractivity contribution in [1.29, 1.82) is 0 Å². The molecule has 8 heteroatoms. The number of benzene rings is 2. The van der Waals surface area contributed by atoms with E-state index in [0.717, 1.165) is 38.3 Å². The molecule has 34 heavy (non-hydrogen) atoms. The minimum Gasteiger partial charge on any atom is -0.381 e. The number of amides is 3. The SMILES string of the molecule is O=C(NCC(C1CCOC1)N1CCOCC1)c1ccc(CN2C(=O)c3ccccc3C2=O)cc1. The van der Waals surface area contributed by atoms with Crippen molar-refractivity contribution >= 4 is 17.7 Å². The maximum Gasteiger partial charge on any atom is 0.261 e. The molecule has 3 heterocycles. The lowest BCUT2D eigenvalue weighted by molar-refractivity contribution is 0.00166. The van der Waals surface area contributed by atoms with Crippen molar-refractivity contribution in [2.75, 3.05) is 46.1 Å². The fraction of sp³-hybridized carbons (Fsp3) is 0.423. The van der Waals surface area contributed by atoms with Gasteiger partial charge in [0.05, 0.1) is 37.5 Å². The molecule has 178 valence electrons. The maximum atomic E-state index is 12.9. The number of carbonyl (C=O) groups is 3. The quantitative estimate of drug-likeness (QED) is 0.632. The molecule has 0 spiro atoms. The molecular formula is C26H29N3O5. The second-order valence-corrected chi connectivity index (χ2v) is 8.99. The number of rotatable bonds is 7. The summed E-state index contributed by atoms with van der Waals surface area (Å²) in [5, 5.41) is 3.10. The van der Waals surface area contributed by atoms with Crippen molar-refractivity contribution in [3.8, 4) is 0 Å². The summed E-state index contributed by atoms with van der Waals surface area (Å²) in [7, 11) is 0. The Morgan fingerprint density at radius 2 is 1.62 bits per heavy atom. The molecule has 2 unspecified atom stereocenters. The second-order valence-electron chi connectivity index (χ2n) is 8.99. The summed E-state index contributed by atoms with van der Waals surface area (Å²) in [6, 6.07) is 14.1. The first-order chi connectivity index (χ1) is 16.6. The second kappa shape index (κ2) is 10.0. The van der Waals surface area contributed by atoms with Gasteiger partial charge in [0.25, 0.3) is 17.7 Å². The molecule has 1 N–H and O–H groups in total. The van der Waals surface area contributed by atoms with Gasteiger partial charge < -0.3 is 14.8 Å². The summed E-state index contributed by atoms with van der Waals surface area (Å²) in [5.41, 5.74) is 2.21. The Bertz CT molecular complexity index is 1020. The van der Waals surface area contributed by atoms with E-state index in [2.05, 4.69) is 10.2 Å². The van der Waals surface area contributed by atoms with E-state index in [0.29, 0.717) is 42.4 Å². The van der Waals surface area contributed by atoms with Gasteiger partial charge in [-0.25, -0.2) is 0 Å². The molecule has 0 bridgehead atoms. The van der Waals surface area contributed by atoms with E-state index >= 15 is 0 Å². The van der Waals surface area contributed by atoms with Crippen molar-refractivity contribution in [3.63, 3.8) is 0 Å². The summed E-state index contributed by atoms with van der Waals surface area (Å²) in [5.74, 6) is -0.301. The molecule has 0 saturated carbocycles. The molecule has 3 amide bonds. The highest BCUT2D eigenvalue weighted by Gasteiger charge is 2.35. The molecule has 0 aliphatic carbocycles. The highest BCUT2D eigenvalue weighted by atomic mass is 16.5. The van der Waals surface area contributed by atoms with Crippen molar-refractivity contribution < 1.29 is 23.9 Å². The van der Waals surface area contributed by atoms with Crippen LogP contribution >= 0.6 is 0 Å². The van der Waals surface area contributed by atoms with E-state index in [1.165, 1.54) is 4.90 Å². The van der Waals surface area contributed by atoms with E-state index < -0.39 is 0 Å². The van der Waals surface area contributed by atoms with Crippen LogP contribution in [0.2, 0.25) is 0 Å². The van der Waals surface area contributed by atoms with Crippen LogP contribution in [0.25, 0.3) is 0 Å². The highest BCUT2D eigenvalue weighted by Crippen LogP contribution is 2.25. The summed E-state index contributed by atoms with van der Waals surface area (Å²) < 4.78 is 11.1. The number of hydrogen-bond acceptors (Lipinski definition) is 6. The number of imide groups is 1. The van der Waals surface area contributed by atoms with Gasteiger partial charge in [-0.1, -0.05) is 24.3 Å². The maximum absolute atomic E-state index is 12.9. The molecule has 8 nitrogen and oxygen atoms in total. The van der Waals surface area contributed by atoms with Gasteiger partial charge in [-0.3, -0.25) is 24.2 Å². The molecule has 2 saturated heterocycles. The van der Waals surface area contributed by atoms with Crippen LogP contribution in [0.15, 0.2) is 48.5 Å². The van der Waals surface area contributed by atoms with E-state index in [-0.39, 0.29) is 30.3 Å². The molecular weight excluding hydrogens is 434 g/mol. The molecule has 2 atom stereocenters. The largest absolute Gasteiger partial charge is 0.381 e. The first kappa shape index (κ1) is 22.7. The Hall–Kier alpha value is -3.07. The van der Waals surface area contributed by atoms with Gasteiger partial charge in [0.1, 0.15) is 0 Å². The zero-order valence-electron chi connectivity index (χ0n) is 19.1. The van der Waals surface area contributed by atoms with Gasteiger partial charge in [-0.15, -0.1) is 0 Å². The average molecular weight is 464 g/mol. The summed E-state index contributed by atoms with van der Waals surface area (Å²) in [4.78, 5) is 41.7. The number of carbonyl (C=O) groups excluding carboxylic acids is 3. The Morgan fingerprint density at radius 3 is 2.24 bits per heavy atom. The highest BCUT2D eigenvalue weighted by molar-refractivity contribution is 6.21. The minimum absolute atomic E-state index is 0.135. The lowest BCUT2D eigenvalue weighted by Crippen LogP contribution is -2.52. The van der Waals surface area contributed by atoms with Gasteiger partial charge in [0.2, 0.25) is 0 Å². The van der Waals surface area contributed by atoms with Crippen LogP contribution in [0.3, 0.4) is 0 Å². The third kappa shape index (κ3) is 4.61. The fourth-order valence-corrected chi connectivity index (χ4v) is 4.99. The minimum atomic E-state index is -0.285. The predicted octanol–water partition coefficient (Wildman–Crippen LogP) is 1.95. The number of nitrogens with one attached hydrogen (secondary N) is 1. The van der Waals surface area contributed by atoms with Crippen LogP contribution in [-0.2, 0) is 16.0 Å². The van der Waals surface area contributed by atoms with Crippen LogP contribution in [0.5, 0.6) is 0 Å². The fourth-order valence-electron chi connectivity index (χ4n) is 4.99. The lowest BCUT2D eigenvalue weighted by atomic mass is 9.96. The van der Waals surface area contributed by atoms with Crippen molar-refractivity contribution in [2.24, 2.45) is 5.92 Å². The smallest absolute Gasteiger partial charge is 0.261 e. The summed E-state index contributed by atoms with van der Waals surface area (Å²) >= 11 is 0. The van der Waals surface area contributed by atoms with Gasteiger partial charge >= 0.3 is 0 Å². The van der Waals surface area contributed by atoms with E-state index in [4.69, 9.17) is 9.47 Å². The molecule has 0 aromatic heterocycles. The zero-order chi connectivity index (χ0) is 23.5. The van der Waals surface area contributed by atoms with Crippen molar-refractivity contribution in [2.45, 2.75) is 19.0 Å². The van der Waals surface area contributed by atoms with E-state index in [9.17, 15) is 14.4 Å². The van der Waals surface area contributed by atoms with Gasteiger partial charge in [-0.2, -0.15) is 0 Å². The molecule has 0 radical (unpaired) electrons. The number of nitrogens with zero attached hydrogens (tertiary/aromatic N) is 2. The van der Waals surface area contributed by atoms with Gasteiger partial charge in [0, 0.05) is 43.8 Å². The van der Waals surface area contributed by atoms with Crippen LogP contribution in [0, 0.1) is 5.92 Å².